The summed E-state index contributed by atoms with van der Waals surface area (Å²) in [6.45, 7) is 1.63. The highest BCUT2D eigenvalue weighted by atomic mass is 16.1. The van der Waals surface area contributed by atoms with Crippen molar-refractivity contribution in [3.05, 3.63) is 58.4 Å². The van der Waals surface area contributed by atoms with Gasteiger partial charge in [0.2, 0.25) is 0 Å². The van der Waals surface area contributed by atoms with Crippen molar-refractivity contribution in [2.75, 3.05) is 0 Å². The molecule has 25 heavy (non-hydrogen) atoms. The van der Waals surface area contributed by atoms with Crippen LogP contribution in [0.25, 0.3) is 10.9 Å². The Morgan fingerprint density at radius 3 is 2.88 bits per heavy atom. The third-order valence-corrected chi connectivity index (χ3v) is 5.65. The zero-order chi connectivity index (χ0) is 17.0. The Kier molecular flexibility index (Phi) is 3.28. The van der Waals surface area contributed by atoms with E-state index in [4.69, 9.17) is 4.98 Å². The number of hydrogen-bond acceptors (Lipinski definition) is 4. The molecule has 1 saturated heterocycles. The fourth-order valence-electron chi connectivity index (χ4n) is 4.43. The molecule has 0 amide bonds. The zero-order valence-electron chi connectivity index (χ0n) is 14.3. The number of para-hydroxylation sites is 1. The molecule has 0 aliphatic carbocycles. The second-order valence-corrected chi connectivity index (χ2v) is 7.24. The van der Waals surface area contributed by atoms with Gasteiger partial charge in [-0.15, -0.1) is 0 Å². The zero-order valence-corrected chi connectivity index (χ0v) is 14.3. The molecule has 128 valence electrons. The van der Waals surface area contributed by atoms with E-state index in [1.807, 2.05) is 46.8 Å². The first-order chi connectivity index (χ1) is 12.2. The molecule has 2 atom stereocenters. The first-order valence-electron chi connectivity index (χ1n) is 8.91. The van der Waals surface area contributed by atoms with Gasteiger partial charge >= 0.3 is 0 Å². The number of aryl methyl sites for hydroxylation is 1. The Morgan fingerprint density at radius 2 is 2.04 bits per heavy atom. The Labute approximate surface area is 145 Å². The third kappa shape index (κ3) is 2.40. The number of hydrogen-bond donors (Lipinski definition) is 0. The first kappa shape index (κ1) is 14.8. The van der Waals surface area contributed by atoms with Crippen LogP contribution in [0.3, 0.4) is 0 Å². The van der Waals surface area contributed by atoms with E-state index < -0.39 is 0 Å². The summed E-state index contributed by atoms with van der Waals surface area (Å²) in [7, 11) is 1.95. The van der Waals surface area contributed by atoms with Gasteiger partial charge in [0, 0.05) is 50.4 Å². The molecule has 6 nitrogen and oxygen atoms in total. The van der Waals surface area contributed by atoms with Gasteiger partial charge in [0.1, 0.15) is 5.82 Å². The topological polar surface area (TPSA) is 56.0 Å². The fraction of sp³-hybridized carbons (Fsp3) is 0.421. The van der Waals surface area contributed by atoms with Gasteiger partial charge in [-0.3, -0.25) is 18.9 Å². The molecule has 5 rings (SSSR count). The molecule has 0 spiro atoms. The first-order valence-corrected chi connectivity index (χ1v) is 8.91. The van der Waals surface area contributed by atoms with E-state index in [2.05, 4.69) is 16.2 Å². The quantitative estimate of drug-likeness (QED) is 0.715. The second-order valence-electron chi connectivity index (χ2n) is 7.24. The Bertz CT molecular complexity index is 1000. The molecule has 4 heterocycles. The van der Waals surface area contributed by atoms with Gasteiger partial charge in [0.15, 0.2) is 0 Å². The highest BCUT2D eigenvalue weighted by molar-refractivity contribution is 5.77. The predicted octanol–water partition coefficient (Wildman–Crippen LogP) is 1.72. The minimum atomic E-state index is 0.106. The van der Waals surface area contributed by atoms with Crippen molar-refractivity contribution < 1.29 is 0 Å². The summed E-state index contributed by atoms with van der Waals surface area (Å²) in [5, 5.41) is 5.01. The SMILES string of the molecule is Cn1cc(CN2[C@@H]3CC[C@@H]2Cn2c(nc4ccccc4c2=O)C3)cn1. The highest BCUT2D eigenvalue weighted by Gasteiger charge is 2.37. The maximum absolute atomic E-state index is 13.0. The van der Waals surface area contributed by atoms with E-state index in [0.29, 0.717) is 12.1 Å². The van der Waals surface area contributed by atoms with Gasteiger partial charge in [-0.25, -0.2) is 4.98 Å². The Hall–Kier alpha value is -2.47. The average molecular weight is 335 g/mol. The van der Waals surface area contributed by atoms with Crippen LogP contribution in [0.1, 0.15) is 24.2 Å². The fourth-order valence-corrected chi connectivity index (χ4v) is 4.43. The van der Waals surface area contributed by atoms with Gasteiger partial charge in [-0.1, -0.05) is 12.1 Å². The summed E-state index contributed by atoms with van der Waals surface area (Å²) in [6.07, 6.45) is 7.18. The van der Waals surface area contributed by atoms with Gasteiger partial charge < -0.3 is 0 Å². The molecule has 1 fully saturated rings. The summed E-state index contributed by atoms with van der Waals surface area (Å²) < 4.78 is 3.77. The van der Waals surface area contributed by atoms with Crippen molar-refractivity contribution in [3.8, 4) is 0 Å². The van der Waals surface area contributed by atoms with Crippen LogP contribution in [0.2, 0.25) is 0 Å². The lowest BCUT2D eigenvalue weighted by molar-refractivity contribution is 0.180. The smallest absolute Gasteiger partial charge is 0.261 e. The van der Waals surface area contributed by atoms with E-state index in [9.17, 15) is 4.79 Å². The molecule has 1 aromatic carbocycles. The van der Waals surface area contributed by atoms with Crippen LogP contribution in [-0.2, 0) is 26.6 Å². The molecule has 2 aliphatic rings. The minimum Gasteiger partial charge on any atom is -0.294 e. The standard InChI is InChI=1S/C19H21N5O/c1-22-10-13(9-20-22)11-23-14-6-7-15(23)12-24-18(8-14)21-17-5-3-2-4-16(17)19(24)25/h2-5,9-10,14-15H,6-8,11-12H2,1H3/t14-,15-/m1/s1. The number of aromatic nitrogens is 4. The van der Waals surface area contributed by atoms with Crippen molar-refractivity contribution in [2.45, 2.75) is 44.4 Å². The van der Waals surface area contributed by atoms with Crippen LogP contribution in [-0.4, -0.2) is 36.3 Å². The third-order valence-electron chi connectivity index (χ3n) is 5.65. The lowest BCUT2D eigenvalue weighted by Gasteiger charge is -2.26. The summed E-state index contributed by atoms with van der Waals surface area (Å²) >= 11 is 0. The van der Waals surface area contributed by atoms with Gasteiger partial charge in [-0.2, -0.15) is 5.10 Å². The summed E-state index contributed by atoms with van der Waals surface area (Å²) in [6, 6.07) is 8.53. The van der Waals surface area contributed by atoms with Crippen molar-refractivity contribution in [1.29, 1.82) is 0 Å². The van der Waals surface area contributed by atoms with Gasteiger partial charge in [0.05, 0.1) is 17.1 Å². The van der Waals surface area contributed by atoms with Crippen molar-refractivity contribution >= 4 is 10.9 Å². The number of benzene rings is 1. The highest BCUT2D eigenvalue weighted by Crippen LogP contribution is 2.32. The largest absolute Gasteiger partial charge is 0.294 e. The van der Waals surface area contributed by atoms with Crippen molar-refractivity contribution in [2.24, 2.45) is 7.05 Å². The maximum Gasteiger partial charge on any atom is 0.261 e. The Morgan fingerprint density at radius 1 is 1.20 bits per heavy atom. The van der Waals surface area contributed by atoms with E-state index in [1.54, 1.807) is 0 Å². The molecule has 3 aromatic rings. The van der Waals surface area contributed by atoms with E-state index in [1.165, 1.54) is 12.0 Å². The average Bonchev–Trinajstić information content (AvgIpc) is 3.13. The summed E-state index contributed by atoms with van der Waals surface area (Å²) in [5.41, 5.74) is 2.15. The lowest BCUT2D eigenvalue weighted by Crippen LogP contribution is -2.37. The number of fused-ring (bicyclic) bond motifs is 4. The molecular weight excluding hydrogens is 314 g/mol. The van der Waals surface area contributed by atoms with Crippen LogP contribution in [0.5, 0.6) is 0 Å². The summed E-state index contributed by atoms with van der Waals surface area (Å²) in [4.78, 5) is 20.3. The van der Waals surface area contributed by atoms with Crippen molar-refractivity contribution in [1.82, 2.24) is 24.2 Å². The summed E-state index contributed by atoms with van der Waals surface area (Å²) in [5.74, 6) is 0.937. The molecule has 0 saturated carbocycles. The molecule has 0 N–H and O–H groups in total. The minimum absolute atomic E-state index is 0.106. The van der Waals surface area contributed by atoms with E-state index >= 15 is 0 Å². The van der Waals surface area contributed by atoms with Gasteiger partial charge in [-0.05, 0) is 25.0 Å². The lowest BCUT2D eigenvalue weighted by atomic mass is 10.1. The number of nitrogens with zero attached hydrogens (tertiary/aromatic N) is 5. The van der Waals surface area contributed by atoms with Gasteiger partial charge in [0.25, 0.3) is 5.56 Å². The molecule has 2 aromatic heterocycles. The molecule has 2 aliphatic heterocycles. The van der Waals surface area contributed by atoms with Crippen LogP contribution in [0.15, 0.2) is 41.5 Å². The molecule has 0 radical (unpaired) electrons. The van der Waals surface area contributed by atoms with Crippen LogP contribution in [0.4, 0.5) is 0 Å². The molecule has 6 heteroatoms. The Balaban J connectivity index is 1.54. The monoisotopic (exact) mass is 335 g/mol. The van der Waals surface area contributed by atoms with Crippen molar-refractivity contribution in [3.63, 3.8) is 0 Å². The molecular formula is C19H21N5O. The predicted molar refractivity (Wildman–Crippen MR) is 95.3 cm³/mol. The maximum atomic E-state index is 13.0. The van der Waals surface area contributed by atoms with Crippen LogP contribution in [0, 0.1) is 0 Å². The molecule has 2 bridgehead atoms. The molecule has 0 unspecified atom stereocenters. The van der Waals surface area contributed by atoms with Crippen LogP contribution < -0.4 is 5.56 Å². The van der Waals surface area contributed by atoms with E-state index in [-0.39, 0.29) is 5.56 Å². The normalized spacial score (nSPS) is 22.9. The van der Waals surface area contributed by atoms with E-state index in [0.717, 1.165) is 42.7 Å². The second kappa shape index (κ2) is 5.52. The van der Waals surface area contributed by atoms with Crippen LogP contribution >= 0.6 is 0 Å². The number of rotatable bonds is 2.